The average Bonchev–Trinajstić information content (AvgIpc) is 3.48. The summed E-state index contributed by atoms with van der Waals surface area (Å²) in [5, 5.41) is 13.0. The van der Waals surface area contributed by atoms with Crippen molar-refractivity contribution < 1.29 is 24.2 Å². The fourth-order valence-electron chi connectivity index (χ4n) is 5.80. The highest BCUT2D eigenvalue weighted by Crippen LogP contribution is 2.38. The van der Waals surface area contributed by atoms with E-state index in [1.807, 2.05) is 97.9 Å². The molecule has 0 saturated carbocycles. The van der Waals surface area contributed by atoms with Crippen molar-refractivity contribution >= 4 is 63.1 Å². The lowest BCUT2D eigenvalue weighted by Crippen LogP contribution is -2.32. The van der Waals surface area contributed by atoms with Crippen molar-refractivity contribution in [3.8, 4) is 17.0 Å². The zero-order valence-electron chi connectivity index (χ0n) is 28.0. The van der Waals surface area contributed by atoms with Crippen LogP contribution in [0.3, 0.4) is 0 Å². The molecule has 1 aliphatic rings. The number of nitrogens with one attached hydrogen (secondary N) is 1. The molecule has 0 radical (unpaired) electrons. The molecule has 0 fully saturated rings. The number of amidine groups is 1. The standard InChI is InChI=1S/C42H32N4O5S/c1-2-51-32-23-17-27(18-24-32)25-37-40(48)46(31-13-7-4-8-14-31)42(45-37)52-38(29-11-5-3-6-12-29)39(47)43-30-21-19-28(20-22-30)36-26-34(41(49)50)33-15-9-10-16-35(33)44-36/h3-26,38H,2H2,1H3,(H,43,47)(H,49,50)/b37-25-. The number of fused-ring (bicyclic) bond motifs is 1. The van der Waals surface area contributed by atoms with Gasteiger partial charge in [-0.3, -0.25) is 14.5 Å². The van der Waals surface area contributed by atoms with E-state index in [1.54, 1.807) is 54.6 Å². The van der Waals surface area contributed by atoms with Gasteiger partial charge in [-0.15, -0.1) is 0 Å². The molecule has 1 unspecified atom stereocenters. The Morgan fingerprint density at radius 3 is 2.23 bits per heavy atom. The molecule has 1 aromatic heterocycles. The Kier molecular flexibility index (Phi) is 9.90. The number of amides is 2. The van der Waals surface area contributed by atoms with Crippen LogP contribution in [0.1, 0.15) is 33.7 Å². The van der Waals surface area contributed by atoms with E-state index >= 15 is 0 Å². The summed E-state index contributed by atoms with van der Waals surface area (Å²) in [6.45, 7) is 2.47. The number of rotatable bonds is 10. The van der Waals surface area contributed by atoms with Crippen molar-refractivity contribution in [2.24, 2.45) is 4.99 Å². The van der Waals surface area contributed by atoms with Gasteiger partial charge in [0.2, 0.25) is 5.91 Å². The van der Waals surface area contributed by atoms with Gasteiger partial charge in [-0.05, 0) is 72.7 Å². The summed E-state index contributed by atoms with van der Waals surface area (Å²) in [5.41, 5.74) is 4.87. The Labute approximate surface area is 304 Å². The first kappa shape index (κ1) is 34.0. The molecule has 0 bridgehead atoms. The molecule has 1 aliphatic heterocycles. The van der Waals surface area contributed by atoms with Gasteiger partial charge in [-0.1, -0.05) is 103 Å². The number of carbonyl (C=O) groups excluding carboxylic acids is 2. The molecule has 1 atom stereocenters. The molecule has 0 aliphatic carbocycles. The Bertz CT molecular complexity index is 2330. The van der Waals surface area contributed by atoms with E-state index in [2.05, 4.69) is 10.3 Å². The van der Waals surface area contributed by atoms with Crippen molar-refractivity contribution in [3.63, 3.8) is 0 Å². The van der Waals surface area contributed by atoms with Crippen LogP contribution < -0.4 is 15.0 Å². The third-order valence-electron chi connectivity index (χ3n) is 8.30. The Morgan fingerprint density at radius 1 is 0.865 bits per heavy atom. The highest BCUT2D eigenvalue weighted by Gasteiger charge is 2.36. The first-order valence-corrected chi connectivity index (χ1v) is 17.4. The Hall–Kier alpha value is -6.52. The molecule has 2 N–H and O–H groups in total. The van der Waals surface area contributed by atoms with Gasteiger partial charge in [0, 0.05) is 16.6 Å². The van der Waals surface area contributed by atoms with Gasteiger partial charge in [-0.25, -0.2) is 14.8 Å². The van der Waals surface area contributed by atoms with E-state index < -0.39 is 11.2 Å². The van der Waals surface area contributed by atoms with Crippen molar-refractivity contribution in [1.29, 1.82) is 0 Å². The monoisotopic (exact) mass is 704 g/mol. The lowest BCUT2D eigenvalue weighted by Gasteiger charge is -2.22. The number of aliphatic imine (C=N–C) groups is 1. The number of carboxylic acids is 1. The van der Waals surface area contributed by atoms with Crippen LogP contribution in [-0.4, -0.2) is 39.6 Å². The lowest BCUT2D eigenvalue weighted by molar-refractivity contribution is -0.116. The number of carbonyl (C=O) groups is 3. The van der Waals surface area contributed by atoms with Crippen LogP contribution in [0.4, 0.5) is 11.4 Å². The minimum Gasteiger partial charge on any atom is -0.494 e. The van der Waals surface area contributed by atoms with E-state index in [9.17, 15) is 19.5 Å². The maximum atomic E-state index is 14.1. The number of aromatic carboxylic acids is 1. The maximum Gasteiger partial charge on any atom is 0.336 e. The zero-order valence-corrected chi connectivity index (χ0v) is 28.8. The van der Waals surface area contributed by atoms with Crippen LogP contribution in [0.2, 0.25) is 0 Å². The van der Waals surface area contributed by atoms with Gasteiger partial charge in [0.05, 0.1) is 29.1 Å². The third-order valence-corrected chi connectivity index (χ3v) is 9.50. The summed E-state index contributed by atoms with van der Waals surface area (Å²) in [4.78, 5) is 51.0. The largest absolute Gasteiger partial charge is 0.494 e. The number of aromatic nitrogens is 1. The molecular formula is C42H32N4O5S. The minimum atomic E-state index is -1.04. The number of nitrogens with zero attached hydrogens (tertiary/aromatic N) is 3. The van der Waals surface area contributed by atoms with Crippen molar-refractivity contribution in [2.45, 2.75) is 12.2 Å². The van der Waals surface area contributed by atoms with Gasteiger partial charge >= 0.3 is 5.97 Å². The fourth-order valence-corrected chi connectivity index (χ4v) is 6.92. The molecule has 10 heteroatoms. The van der Waals surface area contributed by atoms with E-state index in [0.29, 0.717) is 45.3 Å². The van der Waals surface area contributed by atoms with Crippen LogP contribution in [0, 0.1) is 0 Å². The SMILES string of the molecule is CCOc1ccc(/C=C2\N=C(SC(C(=O)Nc3ccc(-c4cc(C(=O)O)c5ccccc5n4)cc3)c3ccccc3)N(c3ccccc3)C2=O)cc1. The molecule has 256 valence electrons. The first-order chi connectivity index (χ1) is 25.4. The van der Waals surface area contributed by atoms with Gasteiger partial charge < -0.3 is 15.2 Å². The summed E-state index contributed by atoms with van der Waals surface area (Å²) in [5.74, 6) is -0.921. The van der Waals surface area contributed by atoms with Crippen molar-refractivity contribution in [3.05, 3.63) is 162 Å². The number of hydrogen-bond donors (Lipinski definition) is 2. The summed E-state index contributed by atoms with van der Waals surface area (Å²) >= 11 is 1.18. The topological polar surface area (TPSA) is 121 Å². The summed E-state index contributed by atoms with van der Waals surface area (Å²) in [7, 11) is 0. The first-order valence-electron chi connectivity index (χ1n) is 16.6. The summed E-state index contributed by atoms with van der Waals surface area (Å²) < 4.78 is 5.56. The number of thioether (sulfide) groups is 1. The van der Waals surface area contributed by atoms with Gasteiger partial charge in [0.25, 0.3) is 5.91 Å². The van der Waals surface area contributed by atoms with Crippen LogP contribution in [0.25, 0.3) is 28.2 Å². The second-order valence-corrected chi connectivity index (χ2v) is 12.8. The Morgan fingerprint density at radius 2 is 1.54 bits per heavy atom. The molecule has 0 spiro atoms. The van der Waals surface area contributed by atoms with Crippen LogP contribution >= 0.6 is 11.8 Å². The van der Waals surface area contributed by atoms with Crippen molar-refractivity contribution in [1.82, 2.24) is 4.98 Å². The van der Waals surface area contributed by atoms with Gasteiger partial charge in [0.1, 0.15) is 16.7 Å². The van der Waals surface area contributed by atoms with E-state index in [-0.39, 0.29) is 23.1 Å². The second kappa shape index (κ2) is 15.2. The van der Waals surface area contributed by atoms with E-state index in [1.165, 1.54) is 16.7 Å². The van der Waals surface area contributed by atoms with Crippen LogP contribution in [0.5, 0.6) is 5.75 Å². The molecular weight excluding hydrogens is 673 g/mol. The number of hydrogen-bond acceptors (Lipinski definition) is 7. The predicted molar refractivity (Wildman–Crippen MR) is 206 cm³/mol. The molecule has 7 rings (SSSR count). The number of pyridine rings is 1. The number of ether oxygens (including phenoxy) is 1. The quantitative estimate of drug-likeness (QED) is 0.137. The summed E-state index contributed by atoms with van der Waals surface area (Å²) in [6, 6.07) is 41.7. The molecule has 5 aromatic carbocycles. The smallest absolute Gasteiger partial charge is 0.336 e. The number of carboxylic acid groups (broad SMARTS) is 1. The molecule has 52 heavy (non-hydrogen) atoms. The highest BCUT2D eigenvalue weighted by atomic mass is 32.2. The number of anilines is 2. The molecule has 9 nitrogen and oxygen atoms in total. The molecule has 2 heterocycles. The van der Waals surface area contributed by atoms with Crippen molar-refractivity contribution in [2.75, 3.05) is 16.8 Å². The van der Waals surface area contributed by atoms with Gasteiger partial charge in [-0.2, -0.15) is 0 Å². The zero-order chi connectivity index (χ0) is 36.0. The van der Waals surface area contributed by atoms with E-state index in [0.717, 1.165) is 16.9 Å². The van der Waals surface area contributed by atoms with Crippen LogP contribution in [0.15, 0.2) is 150 Å². The van der Waals surface area contributed by atoms with Crippen LogP contribution in [-0.2, 0) is 9.59 Å². The van der Waals surface area contributed by atoms with E-state index in [4.69, 9.17) is 9.73 Å². The molecule has 2 amide bonds. The number of para-hydroxylation sites is 2. The highest BCUT2D eigenvalue weighted by molar-refractivity contribution is 8.15. The normalized spacial score (nSPS) is 13.9. The predicted octanol–water partition coefficient (Wildman–Crippen LogP) is 8.86. The maximum absolute atomic E-state index is 14.1. The molecule has 0 saturated heterocycles. The second-order valence-electron chi connectivity index (χ2n) is 11.8. The molecule has 6 aromatic rings. The average molecular weight is 705 g/mol. The Balaban J connectivity index is 1.18. The minimum absolute atomic E-state index is 0.163. The third kappa shape index (κ3) is 7.33. The fraction of sp³-hybridized carbons (Fsp3) is 0.0714. The lowest BCUT2D eigenvalue weighted by atomic mass is 10.0. The summed E-state index contributed by atoms with van der Waals surface area (Å²) in [6.07, 6.45) is 1.73. The van der Waals surface area contributed by atoms with Gasteiger partial charge in [0.15, 0.2) is 5.17 Å². The number of benzene rings is 5.